The molecule has 0 aliphatic heterocycles. The number of carbonyl (C=O) groups excluding carboxylic acids is 2. The Hall–Kier alpha value is -7.84. The smallest absolute Gasteiger partial charge is 0.497 e. The fourth-order valence-corrected chi connectivity index (χ4v) is 6.70. The van der Waals surface area contributed by atoms with Crippen LogP contribution in [-0.4, -0.2) is 74.3 Å². The van der Waals surface area contributed by atoms with Crippen LogP contribution in [0.1, 0.15) is 37.5 Å². The minimum Gasteiger partial charge on any atom is -0.497 e. The molecule has 20 heteroatoms. The third-order valence-corrected chi connectivity index (χ3v) is 10.6. The molecule has 0 saturated carbocycles. The van der Waals surface area contributed by atoms with Gasteiger partial charge in [-0.3, -0.25) is 4.72 Å². The van der Waals surface area contributed by atoms with Crippen molar-refractivity contribution in [3.63, 3.8) is 0 Å². The van der Waals surface area contributed by atoms with Gasteiger partial charge in [0.1, 0.15) is 37.0 Å². The summed E-state index contributed by atoms with van der Waals surface area (Å²) in [6, 6.07) is 27.9. The molecule has 0 aliphatic carbocycles. The number of nitroso groups, excluding NO2 is 1. The van der Waals surface area contributed by atoms with Gasteiger partial charge in [-0.1, -0.05) is 68.4 Å². The number of nitrogens with one attached hydrogen (secondary N) is 1. The Morgan fingerprint density at radius 1 is 0.758 bits per heavy atom. The number of aromatic nitrogens is 3. The lowest BCUT2D eigenvalue weighted by molar-refractivity contribution is -0.00836. The highest BCUT2D eigenvalue weighted by Crippen LogP contribution is 2.42. The molecule has 0 aliphatic rings. The van der Waals surface area contributed by atoms with Gasteiger partial charge < -0.3 is 43.0 Å². The number of para-hydroxylation sites is 2. The van der Waals surface area contributed by atoms with E-state index in [1.54, 1.807) is 54.6 Å². The summed E-state index contributed by atoms with van der Waals surface area (Å²) in [7, 11) is -1.59. The lowest BCUT2D eigenvalue weighted by atomic mass is 9.88. The minimum atomic E-state index is -4.49. The zero-order chi connectivity index (χ0) is 47.3. The Labute approximate surface area is 379 Å². The van der Waals surface area contributed by atoms with E-state index in [0.717, 1.165) is 5.56 Å². The molecular weight excluding hydrogens is 879 g/mol. The van der Waals surface area contributed by atoms with Crippen molar-refractivity contribution in [3.05, 3.63) is 137 Å². The summed E-state index contributed by atoms with van der Waals surface area (Å²) >= 11 is 0. The van der Waals surface area contributed by atoms with Gasteiger partial charge in [0.15, 0.2) is 34.3 Å². The standard InChI is InChI=1S/C46H45N5O14S/c1-46(2,3)32-16-23-39(47-25-32)66(56,57)51-42-40(65-38-9-7-6-8-37(38)59-5)43(50-41(49-42)31-14-21-33(58-4)22-15-31)60-27-36(64-45(54)63-35-19-12-30(26-52)13-20-35)28-61-44(53)62-34-17-10-29(11-18-34)24-48-55/h6-23,25,36,52H,24,26-28H2,1-5H3,(H,49,50,51). The average molecular weight is 924 g/mol. The summed E-state index contributed by atoms with van der Waals surface area (Å²) in [4.78, 5) is 50.2. The zero-order valence-corrected chi connectivity index (χ0v) is 37.1. The van der Waals surface area contributed by atoms with E-state index in [-0.39, 0.29) is 64.0 Å². The van der Waals surface area contributed by atoms with Crippen LogP contribution < -0.4 is 33.1 Å². The number of ether oxygens (including phenoxy) is 8. The molecule has 0 radical (unpaired) electrons. The molecule has 0 fully saturated rings. The number of aliphatic hydroxyl groups excluding tert-OH is 1. The van der Waals surface area contributed by atoms with E-state index in [1.807, 2.05) is 20.8 Å². The number of rotatable bonds is 19. The molecule has 2 aromatic heterocycles. The summed E-state index contributed by atoms with van der Waals surface area (Å²) in [5.41, 5.74) is 2.01. The number of hydrogen-bond acceptors (Lipinski definition) is 18. The SMILES string of the molecule is COc1ccc(-c2nc(NS(=O)(=O)c3ccc(C(C)(C)C)cn3)c(Oc3ccccc3OC)c(OCC(COC(=O)Oc3ccc(CN=O)cc3)OC(=O)Oc3ccc(CO)cc3)n2)cc1. The molecule has 2 N–H and O–H groups in total. The van der Waals surface area contributed by atoms with Gasteiger partial charge in [0.2, 0.25) is 5.75 Å². The number of pyridine rings is 1. The summed E-state index contributed by atoms with van der Waals surface area (Å²) in [5.74, 6) is -0.165. The van der Waals surface area contributed by atoms with Crippen molar-refractivity contribution in [2.45, 2.75) is 50.5 Å². The first kappa shape index (κ1) is 47.6. The van der Waals surface area contributed by atoms with Gasteiger partial charge in [-0.15, -0.1) is 0 Å². The van der Waals surface area contributed by atoms with Crippen LogP contribution >= 0.6 is 0 Å². The van der Waals surface area contributed by atoms with Crippen molar-refractivity contribution < 1.29 is 61.0 Å². The second-order valence-electron chi connectivity index (χ2n) is 15.1. The first-order valence-electron chi connectivity index (χ1n) is 20.0. The van der Waals surface area contributed by atoms with Crippen molar-refractivity contribution in [3.8, 4) is 51.8 Å². The van der Waals surface area contributed by atoms with Crippen LogP contribution in [0.4, 0.5) is 15.4 Å². The largest absolute Gasteiger partial charge is 0.514 e. The Morgan fingerprint density at radius 2 is 1.39 bits per heavy atom. The number of sulfonamides is 1. The first-order valence-corrected chi connectivity index (χ1v) is 21.5. The van der Waals surface area contributed by atoms with Crippen LogP contribution in [-0.2, 0) is 38.1 Å². The van der Waals surface area contributed by atoms with Crippen LogP contribution in [0.3, 0.4) is 0 Å². The van der Waals surface area contributed by atoms with E-state index in [4.69, 9.17) is 37.9 Å². The quantitative estimate of drug-likeness (QED) is 0.0440. The van der Waals surface area contributed by atoms with E-state index < -0.39 is 47.5 Å². The lowest BCUT2D eigenvalue weighted by Gasteiger charge is -2.21. The Morgan fingerprint density at radius 3 is 1.98 bits per heavy atom. The van der Waals surface area contributed by atoms with Gasteiger partial charge in [0.25, 0.3) is 15.9 Å². The third-order valence-electron chi connectivity index (χ3n) is 9.31. The molecule has 0 spiro atoms. The predicted octanol–water partition coefficient (Wildman–Crippen LogP) is 8.38. The van der Waals surface area contributed by atoms with Crippen molar-refractivity contribution in [2.75, 3.05) is 32.2 Å². The van der Waals surface area contributed by atoms with Gasteiger partial charge in [0.05, 0.1) is 20.8 Å². The monoisotopic (exact) mass is 923 g/mol. The van der Waals surface area contributed by atoms with Gasteiger partial charge in [-0.2, -0.15) is 18.3 Å². The lowest BCUT2D eigenvalue weighted by Crippen LogP contribution is -2.32. The molecule has 0 bridgehead atoms. The van der Waals surface area contributed by atoms with E-state index in [2.05, 4.69) is 24.9 Å². The molecule has 6 aromatic rings. The highest BCUT2D eigenvalue weighted by molar-refractivity contribution is 7.92. The van der Waals surface area contributed by atoms with Crippen molar-refractivity contribution in [1.29, 1.82) is 0 Å². The molecule has 344 valence electrons. The fraction of sp³-hybridized carbons (Fsp3) is 0.239. The van der Waals surface area contributed by atoms with E-state index in [1.165, 1.54) is 75.0 Å². The highest BCUT2D eigenvalue weighted by Gasteiger charge is 2.29. The van der Waals surface area contributed by atoms with Gasteiger partial charge >= 0.3 is 12.3 Å². The summed E-state index contributed by atoms with van der Waals surface area (Å²) < 4.78 is 75.5. The molecule has 2 heterocycles. The second kappa shape index (κ2) is 21.7. The topological polar surface area (TPSA) is 242 Å². The van der Waals surface area contributed by atoms with E-state index >= 15 is 0 Å². The van der Waals surface area contributed by atoms with Crippen molar-refractivity contribution >= 4 is 28.2 Å². The van der Waals surface area contributed by atoms with Crippen molar-refractivity contribution in [2.24, 2.45) is 5.18 Å². The predicted molar refractivity (Wildman–Crippen MR) is 238 cm³/mol. The third kappa shape index (κ3) is 12.9. The Bertz CT molecular complexity index is 2710. The summed E-state index contributed by atoms with van der Waals surface area (Å²) in [6.45, 7) is 4.28. The molecule has 0 saturated heterocycles. The molecule has 6 rings (SSSR count). The minimum absolute atomic E-state index is 0.0493. The average Bonchev–Trinajstić information content (AvgIpc) is 3.31. The summed E-state index contributed by atoms with van der Waals surface area (Å²) in [6.07, 6.45) is -2.41. The number of carbonyl (C=O) groups is 2. The molecule has 1 atom stereocenters. The fourth-order valence-electron chi connectivity index (χ4n) is 5.77. The summed E-state index contributed by atoms with van der Waals surface area (Å²) in [5, 5.41) is 11.9. The maximum Gasteiger partial charge on any atom is 0.514 e. The number of methoxy groups -OCH3 is 2. The van der Waals surface area contributed by atoms with Crippen LogP contribution in [0.25, 0.3) is 11.4 Å². The zero-order valence-electron chi connectivity index (χ0n) is 36.3. The highest BCUT2D eigenvalue weighted by atomic mass is 32.2. The van der Waals surface area contributed by atoms with Gasteiger partial charge in [-0.05, 0) is 88.8 Å². The van der Waals surface area contributed by atoms with Gasteiger partial charge in [-0.25, -0.2) is 19.6 Å². The molecule has 1 unspecified atom stereocenters. The molecule has 66 heavy (non-hydrogen) atoms. The number of hydrogen-bond donors (Lipinski definition) is 2. The molecule has 4 aromatic carbocycles. The molecular formula is C46H45N5O14S. The van der Waals surface area contributed by atoms with Crippen molar-refractivity contribution in [1.82, 2.24) is 15.0 Å². The Kier molecular flexibility index (Phi) is 15.7. The number of nitrogens with zero attached hydrogens (tertiary/aromatic N) is 4. The maximum atomic E-state index is 14.1. The normalized spacial score (nSPS) is 11.7. The Balaban J connectivity index is 1.38. The van der Waals surface area contributed by atoms with Crippen LogP contribution in [0, 0.1) is 4.91 Å². The number of anilines is 1. The van der Waals surface area contributed by atoms with Crippen LogP contribution in [0.5, 0.6) is 40.4 Å². The van der Waals surface area contributed by atoms with Crippen LogP contribution in [0.15, 0.2) is 126 Å². The van der Waals surface area contributed by atoms with Gasteiger partial charge in [0, 0.05) is 11.8 Å². The van der Waals surface area contributed by atoms with E-state index in [9.17, 15) is 28.0 Å². The van der Waals surface area contributed by atoms with E-state index in [0.29, 0.717) is 22.4 Å². The second-order valence-corrected chi connectivity index (χ2v) is 16.7. The maximum absolute atomic E-state index is 14.1. The molecule has 19 nitrogen and oxygen atoms in total. The van der Waals surface area contributed by atoms with Crippen LogP contribution in [0.2, 0.25) is 0 Å². The molecule has 0 amide bonds. The number of benzene rings is 4. The number of aliphatic hydroxyl groups is 1. The first-order chi connectivity index (χ1) is 31.7.